The number of rotatable bonds is 7. The van der Waals surface area contributed by atoms with Gasteiger partial charge in [0.1, 0.15) is 6.04 Å². The first-order valence-corrected chi connectivity index (χ1v) is 9.12. The van der Waals surface area contributed by atoms with E-state index in [2.05, 4.69) is 54.8 Å². The zero-order chi connectivity index (χ0) is 17.4. The largest absolute Gasteiger partial charge is 0.356 e. The summed E-state index contributed by atoms with van der Waals surface area (Å²) in [7, 11) is 0. The van der Waals surface area contributed by atoms with Crippen LogP contribution in [0.4, 0.5) is 5.69 Å². The second-order valence-corrected chi connectivity index (χ2v) is 6.52. The van der Waals surface area contributed by atoms with E-state index in [0.29, 0.717) is 16.2 Å². The van der Waals surface area contributed by atoms with Gasteiger partial charge in [-0.25, -0.2) is 0 Å². The zero-order valence-corrected chi connectivity index (χ0v) is 15.8. The molecule has 0 saturated carbocycles. The monoisotopic (exact) mass is 362 g/mol. The lowest BCUT2D eigenvalue weighted by Crippen LogP contribution is -3.12. The van der Waals surface area contributed by atoms with Crippen molar-refractivity contribution >= 4 is 34.6 Å². The summed E-state index contributed by atoms with van der Waals surface area (Å²) < 4.78 is 0. The number of halogens is 1. The molecule has 3 N–H and O–H groups in total. The molecule has 2 aromatic carbocycles. The molecule has 0 heterocycles. The Bertz CT molecular complexity index is 627. The van der Waals surface area contributed by atoms with Gasteiger partial charge in [-0.2, -0.15) is 0 Å². The first-order chi connectivity index (χ1) is 11.6. The molecule has 128 valence electrons. The van der Waals surface area contributed by atoms with Crippen LogP contribution >= 0.6 is 23.8 Å². The minimum atomic E-state index is 0.367. The van der Waals surface area contributed by atoms with Gasteiger partial charge in [0, 0.05) is 16.3 Å². The van der Waals surface area contributed by atoms with E-state index in [-0.39, 0.29) is 0 Å². The highest BCUT2D eigenvalue weighted by molar-refractivity contribution is 7.80. The fourth-order valence-electron chi connectivity index (χ4n) is 2.83. The Hall–Kier alpha value is -1.62. The zero-order valence-electron chi connectivity index (χ0n) is 14.2. The number of likely N-dealkylation sites (N-methyl/N-ethyl adjacent to an activating group) is 1. The third-order valence-corrected chi connectivity index (χ3v) is 4.67. The van der Waals surface area contributed by atoms with E-state index in [0.717, 1.165) is 25.3 Å². The van der Waals surface area contributed by atoms with Crippen LogP contribution in [-0.4, -0.2) is 24.7 Å². The van der Waals surface area contributed by atoms with Crippen LogP contribution in [0.1, 0.15) is 25.5 Å². The minimum Gasteiger partial charge on any atom is -0.356 e. The van der Waals surface area contributed by atoms with Crippen LogP contribution in [0.3, 0.4) is 0 Å². The first kappa shape index (κ1) is 18.7. The molecule has 0 radical (unpaired) electrons. The van der Waals surface area contributed by atoms with Crippen LogP contribution < -0.4 is 15.5 Å². The maximum atomic E-state index is 5.91. The van der Waals surface area contributed by atoms with Crippen molar-refractivity contribution in [3.63, 3.8) is 0 Å². The predicted molar refractivity (Wildman–Crippen MR) is 107 cm³/mol. The summed E-state index contributed by atoms with van der Waals surface area (Å²) in [6, 6.07) is 18.5. The van der Waals surface area contributed by atoms with Crippen LogP contribution in [0, 0.1) is 0 Å². The SMILES string of the molecule is CC[NH+](CC)[C@H](CNC(=S)Nc1ccc(Cl)cc1)c1ccccc1. The average molecular weight is 363 g/mol. The first-order valence-electron chi connectivity index (χ1n) is 8.34. The summed E-state index contributed by atoms with van der Waals surface area (Å²) in [5, 5.41) is 7.91. The molecule has 0 saturated heterocycles. The summed E-state index contributed by atoms with van der Waals surface area (Å²) in [6.07, 6.45) is 0. The lowest BCUT2D eigenvalue weighted by molar-refractivity contribution is -0.927. The van der Waals surface area contributed by atoms with Crippen LogP contribution in [0.25, 0.3) is 0 Å². The predicted octanol–water partition coefficient (Wildman–Crippen LogP) is 3.29. The summed E-state index contributed by atoms with van der Waals surface area (Å²) >= 11 is 11.3. The molecule has 3 nitrogen and oxygen atoms in total. The molecule has 0 unspecified atom stereocenters. The van der Waals surface area contributed by atoms with Crippen LogP contribution in [-0.2, 0) is 0 Å². The molecule has 0 fully saturated rings. The topological polar surface area (TPSA) is 28.5 Å². The standard InChI is InChI=1S/C19H24ClN3S/c1-3-23(4-2)18(15-8-6-5-7-9-15)14-21-19(24)22-17-12-10-16(20)11-13-17/h5-13,18H,3-4,14H2,1-2H3,(H2,21,22,24)/p+1/t18-/m1/s1. The van der Waals surface area contributed by atoms with E-state index in [4.69, 9.17) is 23.8 Å². The van der Waals surface area contributed by atoms with E-state index in [1.165, 1.54) is 10.5 Å². The van der Waals surface area contributed by atoms with Crippen LogP contribution in [0.15, 0.2) is 54.6 Å². The van der Waals surface area contributed by atoms with Crippen molar-refractivity contribution in [3.05, 3.63) is 65.2 Å². The number of anilines is 1. The molecule has 0 spiro atoms. The lowest BCUT2D eigenvalue weighted by atomic mass is 10.1. The van der Waals surface area contributed by atoms with Gasteiger partial charge in [0.25, 0.3) is 0 Å². The summed E-state index contributed by atoms with van der Waals surface area (Å²) in [6.45, 7) is 7.39. The molecule has 24 heavy (non-hydrogen) atoms. The molecule has 2 aromatic rings. The molecule has 0 aliphatic heterocycles. The van der Waals surface area contributed by atoms with Gasteiger partial charge >= 0.3 is 0 Å². The van der Waals surface area contributed by atoms with Crippen molar-refractivity contribution in [1.29, 1.82) is 0 Å². The lowest BCUT2D eigenvalue weighted by Gasteiger charge is -2.27. The quantitative estimate of drug-likeness (QED) is 0.660. The van der Waals surface area contributed by atoms with Crippen molar-refractivity contribution in [2.75, 3.05) is 25.0 Å². The van der Waals surface area contributed by atoms with E-state index in [1.54, 1.807) is 0 Å². The van der Waals surface area contributed by atoms with Crippen molar-refractivity contribution in [3.8, 4) is 0 Å². The van der Waals surface area contributed by atoms with E-state index >= 15 is 0 Å². The van der Waals surface area contributed by atoms with Crippen LogP contribution in [0.2, 0.25) is 5.02 Å². The molecule has 5 heteroatoms. The second-order valence-electron chi connectivity index (χ2n) is 5.67. The molecular weight excluding hydrogens is 338 g/mol. The van der Waals surface area contributed by atoms with Gasteiger partial charge in [-0.05, 0) is 50.3 Å². The van der Waals surface area contributed by atoms with Gasteiger partial charge in [0.05, 0.1) is 19.6 Å². The molecule has 0 aromatic heterocycles. The highest BCUT2D eigenvalue weighted by Gasteiger charge is 2.21. The fraction of sp³-hybridized carbons (Fsp3) is 0.316. The number of quaternary nitrogens is 1. The second kappa shape index (κ2) is 9.62. The summed E-state index contributed by atoms with van der Waals surface area (Å²) in [5.74, 6) is 0. The normalized spacial score (nSPS) is 12.0. The third-order valence-electron chi connectivity index (χ3n) is 4.17. The molecule has 0 aliphatic carbocycles. The smallest absolute Gasteiger partial charge is 0.171 e. The van der Waals surface area contributed by atoms with Crippen molar-refractivity contribution in [2.24, 2.45) is 0 Å². The summed E-state index contributed by atoms with van der Waals surface area (Å²) in [4.78, 5) is 1.53. The van der Waals surface area contributed by atoms with Crippen molar-refractivity contribution < 1.29 is 4.90 Å². The van der Waals surface area contributed by atoms with Gasteiger partial charge in [0.15, 0.2) is 5.11 Å². The molecule has 0 aliphatic rings. The highest BCUT2D eigenvalue weighted by Crippen LogP contribution is 2.13. The van der Waals surface area contributed by atoms with Crippen LogP contribution in [0.5, 0.6) is 0 Å². The van der Waals surface area contributed by atoms with E-state index < -0.39 is 0 Å². The van der Waals surface area contributed by atoms with E-state index in [9.17, 15) is 0 Å². The number of benzene rings is 2. The highest BCUT2D eigenvalue weighted by atomic mass is 35.5. The van der Waals surface area contributed by atoms with Gasteiger partial charge in [-0.1, -0.05) is 41.9 Å². The Morgan fingerprint density at radius 1 is 1.04 bits per heavy atom. The Balaban J connectivity index is 1.99. The number of thiocarbonyl (C=S) groups is 1. The maximum absolute atomic E-state index is 5.91. The number of nitrogens with one attached hydrogen (secondary N) is 3. The van der Waals surface area contributed by atoms with Gasteiger partial charge in [-0.3, -0.25) is 0 Å². The Kier molecular flexibility index (Phi) is 7.50. The molecule has 2 rings (SSSR count). The molecule has 1 atom stereocenters. The van der Waals surface area contributed by atoms with Crippen molar-refractivity contribution in [2.45, 2.75) is 19.9 Å². The Morgan fingerprint density at radius 3 is 2.25 bits per heavy atom. The van der Waals surface area contributed by atoms with Gasteiger partial charge in [0.2, 0.25) is 0 Å². The van der Waals surface area contributed by atoms with E-state index in [1.807, 2.05) is 24.3 Å². The van der Waals surface area contributed by atoms with Gasteiger partial charge < -0.3 is 15.5 Å². The Morgan fingerprint density at radius 2 is 1.67 bits per heavy atom. The minimum absolute atomic E-state index is 0.367. The Labute approximate surface area is 155 Å². The van der Waals surface area contributed by atoms with Crippen molar-refractivity contribution in [1.82, 2.24) is 5.32 Å². The summed E-state index contributed by atoms with van der Waals surface area (Å²) in [5.41, 5.74) is 2.27. The molecular formula is C19H25ClN3S+. The maximum Gasteiger partial charge on any atom is 0.171 e. The molecule has 0 amide bonds. The third kappa shape index (κ3) is 5.48. The fourth-order valence-corrected chi connectivity index (χ4v) is 3.16. The average Bonchev–Trinajstić information content (AvgIpc) is 2.61. The number of hydrogen-bond acceptors (Lipinski definition) is 1. The number of hydrogen-bond donors (Lipinski definition) is 3. The molecule has 0 bridgehead atoms. The van der Waals surface area contributed by atoms with Gasteiger partial charge in [-0.15, -0.1) is 0 Å².